The van der Waals surface area contributed by atoms with Crippen LogP contribution in [0.5, 0.6) is 5.88 Å². The number of rotatable bonds is 3. The molecule has 0 unspecified atom stereocenters. The molecule has 0 aliphatic rings. The van der Waals surface area contributed by atoms with Crippen LogP contribution in [0.1, 0.15) is 26.5 Å². The molecule has 4 rings (SSSR count). The average molecular weight is 489 g/mol. The third-order valence-electron chi connectivity index (χ3n) is 4.78. The normalized spacial score (nSPS) is 11.6. The summed E-state index contributed by atoms with van der Waals surface area (Å²) in [7, 11) is 3.39. The van der Waals surface area contributed by atoms with E-state index in [1.54, 1.807) is 30.0 Å². The first-order valence-corrected chi connectivity index (χ1v) is 10.4. The molecule has 1 aromatic carbocycles. The van der Waals surface area contributed by atoms with Gasteiger partial charge in [-0.25, -0.2) is 9.97 Å². The predicted molar refractivity (Wildman–Crippen MR) is 129 cm³/mol. The first kappa shape index (κ1) is 24.4. The van der Waals surface area contributed by atoms with E-state index in [1.165, 1.54) is 0 Å². The summed E-state index contributed by atoms with van der Waals surface area (Å²) in [5.74, 6) is 0.953. The Balaban J connectivity index is 0.00000272. The molecule has 0 atom stereocenters. The fraction of sp³-hybridized carbons (Fsp3) is 0.286. The van der Waals surface area contributed by atoms with E-state index in [1.807, 2.05) is 13.1 Å². The second-order valence-electron chi connectivity index (χ2n) is 7.98. The molecule has 3 aromatic heterocycles. The molecule has 0 radical (unpaired) electrons. The Morgan fingerprint density at radius 1 is 1.06 bits per heavy atom. The van der Waals surface area contributed by atoms with Crippen LogP contribution in [0.15, 0.2) is 24.3 Å². The van der Waals surface area contributed by atoms with Gasteiger partial charge in [0.1, 0.15) is 11.2 Å². The third-order valence-corrected chi connectivity index (χ3v) is 5.77. The first-order valence-electron chi connectivity index (χ1n) is 9.24. The summed E-state index contributed by atoms with van der Waals surface area (Å²) >= 11 is 19.4. The maximum atomic E-state index is 6.69. The number of pyridine rings is 1. The molecule has 158 valence electrons. The third kappa shape index (κ3) is 4.34. The molecule has 3 heterocycles. The number of methoxy groups -OCH3 is 1. The molecule has 0 bridgehead atoms. The molecular formula is C21H21Cl3N5NaO. The van der Waals surface area contributed by atoms with Gasteiger partial charge >= 0.3 is 29.6 Å². The first-order chi connectivity index (χ1) is 14.1. The second kappa shape index (κ2) is 8.93. The van der Waals surface area contributed by atoms with Crippen LogP contribution in [0.4, 0.5) is 0 Å². The summed E-state index contributed by atoms with van der Waals surface area (Å²) < 4.78 is 7.24. The van der Waals surface area contributed by atoms with Crippen LogP contribution >= 0.6 is 34.8 Å². The summed E-state index contributed by atoms with van der Waals surface area (Å²) in [5.41, 5.74) is 3.78. The number of fused-ring (bicyclic) bond motifs is 1. The summed E-state index contributed by atoms with van der Waals surface area (Å²) in [4.78, 5) is 12.6. The van der Waals surface area contributed by atoms with Gasteiger partial charge in [0.25, 0.3) is 0 Å². The number of aromatic amines is 1. The van der Waals surface area contributed by atoms with Crippen LogP contribution < -0.4 is 4.74 Å². The zero-order chi connectivity index (χ0) is 21.8. The van der Waals surface area contributed by atoms with Gasteiger partial charge in [-0.3, -0.25) is 4.68 Å². The van der Waals surface area contributed by atoms with Crippen molar-refractivity contribution in [2.45, 2.75) is 26.2 Å². The molecule has 0 saturated heterocycles. The summed E-state index contributed by atoms with van der Waals surface area (Å²) in [5, 5.41) is 6.16. The van der Waals surface area contributed by atoms with Crippen LogP contribution in [0, 0.1) is 0 Å². The molecule has 0 aliphatic carbocycles. The Labute approximate surface area is 217 Å². The Hall–Kier alpha value is -1.28. The van der Waals surface area contributed by atoms with E-state index in [0.29, 0.717) is 54.8 Å². The van der Waals surface area contributed by atoms with Gasteiger partial charge in [0.15, 0.2) is 5.82 Å². The molecule has 31 heavy (non-hydrogen) atoms. The van der Waals surface area contributed by atoms with Crippen LogP contribution in [-0.4, -0.2) is 61.4 Å². The molecule has 0 fully saturated rings. The van der Waals surface area contributed by atoms with Crippen molar-refractivity contribution >= 4 is 75.4 Å². The van der Waals surface area contributed by atoms with E-state index >= 15 is 0 Å². The molecule has 0 spiro atoms. The summed E-state index contributed by atoms with van der Waals surface area (Å²) in [6.07, 6.45) is 0. The number of nitrogens with one attached hydrogen (secondary N) is 1. The van der Waals surface area contributed by atoms with Gasteiger partial charge in [-0.05, 0) is 18.2 Å². The van der Waals surface area contributed by atoms with E-state index < -0.39 is 0 Å². The Morgan fingerprint density at radius 3 is 2.26 bits per heavy atom. The van der Waals surface area contributed by atoms with Crippen molar-refractivity contribution in [2.24, 2.45) is 7.05 Å². The number of imidazole rings is 1. The summed E-state index contributed by atoms with van der Waals surface area (Å²) in [6, 6.07) is 7.13. The molecule has 0 amide bonds. The van der Waals surface area contributed by atoms with E-state index in [0.717, 1.165) is 5.69 Å². The minimum atomic E-state index is -0.202. The van der Waals surface area contributed by atoms with Crippen LogP contribution in [0.25, 0.3) is 33.8 Å². The molecule has 4 aromatic rings. The van der Waals surface area contributed by atoms with Gasteiger partial charge in [0.05, 0.1) is 39.1 Å². The van der Waals surface area contributed by atoms with E-state index in [-0.39, 0.29) is 35.0 Å². The van der Waals surface area contributed by atoms with Crippen LogP contribution in [-0.2, 0) is 12.5 Å². The van der Waals surface area contributed by atoms with Gasteiger partial charge in [-0.15, -0.1) is 0 Å². The fourth-order valence-corrected chi connectivity index (χ4v) is 4.47. The van der Waals surface area contributed by atoms with Crippen molar-refractivity contribution in [2.75, 3.05) is 7.11 Å². The molecule has 0 aliphatic heterocycles. The zero-order valence-corrected chi connectivity index (χ0v) is 19.4. The number of hydrogen-bond acceptors (Lipinski definition) is 4. The van der Waals surface area contributed by atoms with Crippen molar-refractivity contribution in [3.05, 3.63) is 45.0 Å². The van der Waals surface area contributed by atoms with Gasteiger partial charge in [0, 0.05) is 18.0 Å². The Bertz CT molecular complexity index is 1260. The molecule has 1 N–H and O–H groups in total. The van der Waals surface area contributed by atoms with Gasteiger partial charge < -0.3 is 9.72 Å². The molecule has 10 heteroatoms. The maximum absolute atomic E-state index is 6.69. The van der Waals surface area contributed by atoms with Gasteiger partial charge in [-0.2, -0.15) is 5.10 Å². The van der Waals surface area contributed by atoms with Crippen molar-refractivity contribution in [1.29, 1.82) is 0 Å². The number of benzene rings is 1. The summed E-state index contributed by atoms with van der Waals surface area (Å²) in [6.45, 7) is 6.20. The zero-order valence-electron chi connectivity index (χ0n) is 17.1. The van der Waals surface area contributed by atoms with Gasteiger partial charge in [-0.1, -0.05) is 61.6 Å². The molecular weight excluding hydrogens is 468 g/mol. The van der Waals surface area contributed by atoms with Crippen molar-refractivity contribution in [1.82, 2.24) is 24.7 Å². The standard InChI is InChI=1S/C21H20Cl3N5O.Na.H/c1-21(2,3)18-15(24)17(29(4)28-18)19-25-13-9-12(26-20(30-5)16(13)27-19)14-10(22)7-6-8-11(14)23;;/h6-9H,1-5H3,(H,25,27);;. The number of ether oxygens (including phenoxy) is 1. The number of halogens is 3. The monoisotopic (exact) mass is 487 g/mol. The molecule has 6 nitrogen and oxygen atoms in total. The Kier molecular flexibility index (Phi) is 7.02. The van der Waals surface area contributed by atoms with E-state index in [9.17, 15) is 0 Å². The number of aromatic nitrogens is 5. The minimum absolute atomic E-state index is 0. The van der Waals surface area contributed by atoms with Crippen molar-refractivity contribution in [3.8, 4) is 28.7 Å². The van der Waals surface area contributed by atoms with Crippen molar-refractivity contribution in [3.63, 3.8) is 0 Å². The topological polar surface area (TPSA) is 68.6 Å². The van der Waals surface area contributed by atoms with E-state index in [2.05, 4.69) is 35.8 Å². The number of H-pyrrole nitrogens is 1. The predicted octanol–water partition coefficient (Wildman–Crippen LogP) is 5.64. The second-order valence-corrected chi connectivity index (χ2v) is 9.17. The quantitative estimate of drug-likeness (QED) is 0.379. The molecule has 0 saturated carbocycles. The van der Waals surface area contributed by atoms with Gasteiger partial charge in [0.2, 0.25) is 5.88 Å². The fourth-order valence-electron chi connectivity index (χ4n) is 3.35. The average Bonchev–Trinajstić information content (AvgIpc) is 3.20. The number of hydrogen-bond donors (Lipinski definition) is 1. The number of nitrogens with zero attached hydrogens (tertiary/aromatic N) is 4. The SMILES string of the molecule is COc1nc(-c2c(Cl)cccc2Cl)cc2nc(-c3c(Cl)c(C(C)(C)C)nn3C)[nH]c12.[NaH]. The van der Waals surface area contributed by atoms with Crippen LogP contribution in [0.2, 0.25) is 15.1 Å². The van der Waals surface area contributed by atoms with Crippen molar-refractivity contribution < 1.29 is 4.74 Å². The van der Waals surface area contributed by atoms with Crippen LogP contribution in [0.3, 0.4) is 0 Å². The van der Waals surface area contributed by atoms with E-state index in [4.69, 9.17) is 44.5 Å². The Morgan fingerprint density at radius 2 is 1.71 bits per heavy atom. The number of aryl methyl sites for hydroxylation is 1.